The lowest BCUT2D eigenvalue weighted by Crippen LogP contribution is -2.68. The molecular formula is C32H29N3O4S. The van der Waals surface area contributed by atoms with Crippen LogP contribution >= 0.6 is 11.8 Å². The average molecular weight is 552 g/mol. The molecule has 0 N–H and O–H groups in total. The van der Waals surface area contributed by atoms with E-state index in [9.17, 15) is 14.9 Å². The molecule has 2 heterocycles. The number of methoxy groups -OCH3 is 1. The van der Waals surface area contributed by atoms with Crippen LogP contribution in [0.5, 0.6) is 5.75 Å². The lowest BCUT2D eigenvalue weighted by atomic mass is 9.71. The molecule has 0 saturated carbocycles. The number of ether oxygens (including phenoxy) is 1. The molecule has 2 saturated heterocycles. The van der Waals surface area contributed by atoms with Crippen LogP contribution in [0.25, 0.3) is 0 Å². The molecule has 2 bridgehead atoms. The van der Waals surface area contributed by atoms with E-state index in [1.165, 1.54) is 11.8 Å². The second-order valence-corrected chi connectivity index (χ2v) is 11.6. The number of piperidine rings is 1. The van der Waals surface area contributed by atoms with Crippen LogP contribution in [0.3, 0.4) is 0 Å². The number of amides is 1. The topological polar surface area (TPSA) is 75.9 Å². The predicted molar refractivity (Wildman–Crippen MR) is 157 cm³/mol. The monoisotopic (exact) mass is 551 g/mol. The van der Waals surface area contributed by atoms with Crippen LogP contribution in [-0.4, -0.2) is 40.9 Å². The first-order valence-corrected chi connectivity index (χ1v) is 13.9. The molecule has 0 spiro atoms. The lowest BCUT2D eigenvalue weighted by molar-refractivity contribution is -0.537. The van der Waals surface area contributed by atoms with Crippen LogP contribution in [0.4, 0.5) is 5.69 Å². The molecule has 8 heteroatoms. The second kappa shape index (κ2) is 10.1. The number of carbonyl (C=O) groups excluding carboxylic acids is 1. The van der Waals surface area contributed by atoms with Gasteiger partial charge in [-0.15, -0.1) is 0 Å². The van der Waals surface area contributed by atoms with Gasteiger partial charge < -0.3 is 4.74 Å². The molecule has 2 aliphatic heterocycles. The third kappa shape index (κ3) is 3.82. The van der Waals surface area contributed by atoms with Crippen molar-refractivity contribution in [2.24, 2.45) is 0 Å². The highest BCUT2D eigenvalue weighted by atomic mass is 32.2. The number of nitrogens with zero attached hydrogens (tertiary/aromatic N) is 3. The fraction of sp³-hybridized carbons (Fsp3) is 0.219. The zero-order valence-electron chi connectivity index (χ0n) is 22.2. The summed E-state index contributed by atoms with van der Waals surface area (Å²) >= 11 is 1.40. The maximum atomic E-state index is 15.0. The highest BCUT2D eigenvalue weighted by molar-refractivity contribution is 8.03. The minimum atomic E-state index is -1.32. The van der Waals surface area contributed by atoms with Crippen molar-refractivity contribution in [2.45, 2.75) is 28.2 Å². The zero-order chi connectivity index (χ0) is 27.9. The van der Waals surface area contributed by atoms with E-state index in [1.54, 1.807) is 24.1 Å². The van der Waals surface area contributed by atoms with Gasteiger partial charge in [0.05, 0.1) is 13.0 Å². The van der Waals surface area contributed by atoms with Crippen molar-refractivity contribution in [2.75, 3.05) is 19.1 Å². The third-order valence-corrected chi connectivity index (χ3v) is 10.0. The molecule has 6 rings (SSSR count). The normalized spacial score (nSPS) is 25.4. The molecule has 1 amide bonds. The summed E-state index contributed by atoms with van der Waals surface area (Å²) < 4.78 is 4.15. The molecule has 0 aromatic heterocycles. The molecule has 40 heavy (non-hydrogen) atoms. The Morgan fingerprint density at radius 2 is 1.48 bits per heavy atom. The van der Waals surface area contributed by atoms with E-state index in [0.29, 0.717) is 18.0 Å². The van der Waals surface area contributed by atoms with Gasteiger partial charge in [-0.1, -0.05) is 103 Å². The van der Waals surface area contributed by atoms with Gasteiger partial charge in [-0.3, -0.25) is 24.7 Å². The van der Waals surface area contributed by atoms with Gasteiger partial charge >= 0.3 is 0 Å². The van der Waals surface area contributed by atoms with Crippen LogP contribution in [0.2, 0.25) is 0 Å². The third-order valence-electron chi connectivity index (χ3n) is 8.02. The Kier molecular flexibility index (Phi) is 6.60. The summed E-state index contributed by atoms with van der Waals surface area (Å²) in [6.45, 7) is 0.421. The van der Waals surface area contributed by atoms with Gasteiger partial charge in [0, 0.05) is 17.2 Å². The van der Waals surface area contributed by atoms with Crippen molar-refractivity contribution in [1.29, 1.82) is 0 Å². The number of nitro groups is 1. The Morgan fingerprint density at radius 3 is 2.05 bits per heavy atom. The molecule has 4 atom stereocenters. The van der Waals surface area contributed by atoms with E-state index in [-0.39, 0.29) is 10.8 Å². The Morgan fingerprint density at radius 1 is 0.900 bits per heavy atom. The number of thioether (sulfide) groups is 1. The summed E-state index contributed by atoms with van der Waals surface area (Å²) in [6, 6.07) is 34.9. The summed E-state index contributed by atoms with van der Waals surface area (Å²) in [4.78, 5) is 30.4. The van der Waals surface area contributed by atoms with Gasteiger partial charge in [-0.05, 0) is 48.0 Å². The van der Waals surface area contributed by atoms with Gasteiger partial charge in [-0.2, -0.15) is 0 Å². The second-order valence-electron chi connectivity index (χ2n) is 10.2. The van der Waals surface area contributed by atoms with E-state index >= 15 is 0 Å². The maximum Gasteiger partial charge on any atom is 0.268 e. The molecule has 4 aromatic carbocycles. The van der Waals surface area contributed by atoms with Gasteiger partial charge in [0.2, 0.25) is 4.99 Å². The number of anilines is 1. The Labute approximate surface area is 237 Å². The van der Waals surface area contributed by atoms with Crippen LogP contribution in [-0.2, 0) is 16.1 Å². The number of hydrogen-bond acceptors (Lipinski definition) is 6. The number of rotatable bonds is 8. The maximum absolute atomic E-state index is 15.0. The fourth-order valence-electron chi connectivity index (χ4n) is 6.33. The highest BCUT2D eigenvalue weighted by Crippen LogP contribution is 2.71. The molecule has 0 radical (unpaired) electrons. The number of fused-ring (bicyclic) bond motifs is 2. The van der Waals surface area contributed by atoms with Gasteiger partial charge in [0.1, 0.15) is 10.5 Å². The van der Waals surface area contributed by atoms with Gasteiger partial charge in [0.15, 0.2) is 0 Å². The number of benzene rings is 4. The number of hydrogen-bond donors (Lipinski definition) is 0. The fourth-order valence-corrected chi connectivity index (χ4v) is 8.47. The van der Waals surface area contributed by atoms with Crippen LogP contribution in [0.15, 0.2) is 115 Å². The summed E-state index contributed by atoms with van der Waals surface area (Å²) in [7, 11) is 3.47. The largest absolute Gasteiger partial charge is 0.497 e. The first-order valence-electron chi connectivity index (χ1n) is 13.1. The minimum absolute atomic E-state index is 0.166. The van der Waals surface area contributed by atoms with Gasteiger partial charge in [-0.25, -0.2) is 0 Å². The first kappa shape index (κ1) is 26.1. The molecule has 7 nitrogen and oxygen atoms in total. The van der Waals surface area contributed by atoms with Gasteiger partial charge in [0.25, 0.3) is 11.9 Å². The minimum Gasteiger partial charge on any atom is -0.497 e. The Balaban J connectivity index is 1.63. The summed E-state index contributed by atoms with van der Waals surface area (Å²) in [5.74, 6) is -0.220. The van der Waals surface area contributed by atoms with Crippen molar-refractivity contribution in [3.8, 4) is 5.75 Å². The SMILES string of the molecule is COc1ccc(N2C(=O)[C@@]3(c4ccccc4)S[C@]2(N(C)Cc2ccccc2)[C@H]([N+](=O)[O-])[C@H]3c2ccccc2)cc1. The molecule has 2 aliphatic rings. The van der Waals surface area contributed by atoms with E-state index in [1.807, 2.05) is 115 Å². The molecule has 2 fully saturated rings. The van der Waals surface area contributed by atoms with Crippen molar-refractivity contribution < 1.29 is 14.5 Å². The van der Waals surface area contributed by atoms with Crippen molar-refractivity contribution in [1.82, 2.24) is 4.90 Å². The van der Waals surface area contributed by atoms with E-state index in [2.05, 4.69) is 0 Å². The van der Waals surface area contributed by atoms with Crippen LogP contribution < -0.4 is 9.64 Å². The Hall–Kier alpha value is -4.14. The predicted octanol–water partition coefficient (Wildman–Crippen LogP) is 5.90. The van der Waals surface area contributed by atoms with E-state index < -0.39 is 21.7 Å². The quantitative estimate of drug-likeness (QED) is 0.201. The van der Waals surface area contributed by atoms with Crippen molar-refractivity contribution in [3.05, 3.63) is 142 Å². The van der Waals surface area contributed by atoms with E-state index in [0.717, 1.165) is 16.7 Å². The Bertz CT molecular complexity index is 1520. The molecule has 0 aliphatic carbocycles. The summed E-state index contributed by atoms with van der Waals surface area (Å²) in [6.07, 6.45) is 0. The van der Waals surface area contributed by atoms with Crippen LogP contribution in [0, 0.1) is 10.1 Å². The summed E-state index contributed by atoms with van der Waals surface area (Å²) in [5.41, 5.74) is 3.13. The number of likely N-dealkylation sites (N-methyl/N-ethyl adjacent to an activating group) is 1. The smallest absolute Gasteiger partial charge is 0.268 e. The molecule has 202 valence electrons. The average Bonchev–Trinajstić information content (AvgIpc) is 3.47. The number of carbonyl (C=O) groups is 1. The first-order chi connectivity index (χ1) is 19.4. The summed E-state index contributed by atoms with van der Waals surface area (Å²) in [5, 5.41) is 13.3. The molecular weight excluding hydrogens is 522 g/mol. The van der Waals surface area contributed by atoms with E-state index in [4.69, 9.17) is 4.74 Å². The highest BCUT2D eigenvalue weighted by Gasteiger charge is 2.82. The van der Waals surface area contributed by atoms with Crippen molar-refractivity contribution in [3.63, 3.8) is 0 Å². The molecule has 4 aromatic rings. The van der Waals surface area contributed by atoms with Crippen LogP contribution in [0.1, 0.15) is 22.6 Å². The standard InChI is InChI=1S/C32H29N3O4S/c1-33(22-23-12-6-3-7-13-23)32-29(35(37)38)28(24-14-8-4-9-15-24)31(40-32,25-16-10-5-11-17-25)30(36)34(32)26-18-20-27(39-2)21-19-26/h3-21,28-29H,22H2,1-2H3/t28-,29-,31+,32+/m1/s1. The molecule has 0 unspecified atom stereocenters. The van der Waals surface area contributed by atoms with Crippen molar-refractivity contribution >= 4 is 23.4 Å². The lowest BCUT2D eigenvalue weighted by Gasteiger charge is -2.47. The zero-order valence-corrected chi connectivity index (χ0v) is 23.0.